The molecule has 0 saturated heterocycles. The number of carbonyl (C=O) groups is 1. The molecule has 6 rings (SSSR count). The Bertz CT molecular complexity index is 1330. The summed E-state index contributed by atoms with van der Waals surface area (Å²) in [5.74, 6) is 0.881. The van der Waals surface area contributed by atoms with Crippen LogP contribution in [0.3, 0.4) is 0 Å². The fraction of sp³-hybridized carbons (Fsp3) is 0.304. The van der Waals surface area contributed by atoms with E-state index in [-0.39, 0.29) is 11.8 Å². The number of nitrogens with one attached hydrogen (secondary N) is 1. The van der Waals surface area contributed by atoms with Crippen molar-refractivity contribution in [2.75, 3.05) is 19.0 Å². The molecule has 6 nitrogen and oxygen atoms in total. The van der Waals surface area contributed by atoms with Gasteiger partial charge in [-0.25, -0.2) is 14.2 Å². The molecule has 152 valence electrons. The van der Waals surface area contributed by atoms with Gasteiger partial charge in [-0.2, -0.15) is 0 Å². The third kappa shape index (κ3) is 2.61. The van der Waals surface area contributed by atoms with Crippen molar-refractivity contribution < 1.29 is 13.9 Å². The van der Waals surface area contributed by atoms with E-state index >= 15 is 0 Å². The first-order valence-corrected chi connectivity index (χ1v) is 10.3. The smallest absolute Gasteiger partial charge is 0.338 e. The number of hydrogen-bond donors (Lipinski definition) is 1. The van der Waals surface area contributed by atoms with Crippen LogP contribution in [-0.2, 0) is 17.8 Å². The van der Waals surface area contributed by atoms with Crippen molar-refractivity contribution in [2.45, 2.75) is 25.9 Å². The standard InChI is InChI=1S/C23H21FN4O2/c1-30-23(29)15-8-17-21-18(9-15)26-22(27(21)7-6-25-17)20-10-14-4-5-16(24)11-19(14)28(20)12-13-2-3-13/h4-5,8-11,13,25H,2-3,6-7,12H2,1H3. The van der Waals surface area contributed by atoms with Gasteiger partial charge in [0.05, 0.1) is 40.6 Å². The van der Waals surface area contributed by atoms with E-state index < -0.39 is 0 Å². The highest BCUT2D eigenvalue weighted by atomic mass is 19.1. The van der Waals surface area contributed by atoms with Crippen molar-refractivity contribution in [3.8, 4) is 11.5 Å². The van der Waals surface area contributed by atoms with E-state index in [1.54, 1.807) is 12.1 Å². The zero-order chi connectivity index (χ0) is 20.4. The molecule has 1 N–H and O–H groups in total. The van der Waals surface area contributed by atoms with Crippen LogP contribution >= 0.6 is 0 Å². The fourth-order valence-electron chi connectivity index (χ4n) is 4.52. The Balaban J connectivity index is 1.61. The van der Waals surface area contributed by atoms with Gasteiger partial charge in [0.1, 0.15) is 5.82 Å². The number of methoxy groups -OCH3 is 1. The van der Waals surface area contributed by atoms with E-state index in [4.69, 9.17) is 9.72 Å². The number of nitrogens with zero attached hydrogens (tertiary/aromatic N) is 3. The summed E-state index contributed by atoms with van der Waals surface area (Å²) in [6, 6.07) is 10.7. The van der Waals surface area contributed by atoms with Gasteiger partial charge in [-0.1, -0.05) is 0 Å². The molecule has 30 heavy (non-hydrogen) atoms. The summed E-state index contributed by atoms with van der Waals surface area (Å²) in [5, 5.41) is 4.39. The maximum atomic E-state index is 14.0. The number of fused-ring (bicyclic) bond motifs is 1. The van der Waals surface area contributed by atoms with Crippen LogP contribution in [0.4, 0.5) is 10.1 Å². The van der Waals surface area contributed by atoms with E-state index in [9.17, 15) is 9.18 Å². The lowest BCUT2D eigenvalue weighted by molar-refractivity contribution is 0.0601. The minimum atomic E-state index is -0.380. The minimum Gasteiger partial charge on any atom is -0.465 e. The highest BCUT2D eigenvalue weighted by Crippen LogP contribution is 2.38. The molecule has 2 aromatic carbocycles. The lowest BCUT2D eigenvalue weighted by atomic mass is 10.1. The number of halogens is 1. The van der Waals surface area contributed by atoms with Crippen molar-refractivity contribution in [1.29, 1.82) is 0 Å². The number of anilines is 1. The first-order valence-electron chi connectivity index (χ1n) is 10.3. The fourth-order valence-corrected chi connectivity index (χ4v) is 4.52. The quantitative estimate of drug-likeness (QED) is 0.512. The Hall–Kier alpha value is -3.35. The maximum absolute atomic E-state index is 14.0. The molecular weight excluding hydrogens is 383 g/mol. The van der Waals surface area contributed by atoms with E-state index in [0.29, 0.717) is 11.5 Å². The molecule has 0 atom stereocenters. The van der Waals surface area contributed by atoms with Crippen LogP contribution < -0.4 is 5.32 Å². The van der Waals surface area contributed by atoms with Crippen molar-refractivity contribution in [3.05, 3.63) is 47.8 Å². The van der Waals surface area contributed by atoms with Gasteiger partial charge < -0.3 is 19.2 Å². The van der Waals surface area contributed by atoms with Crippen LogP contribution in [0.25, 0.3) is 33.5 Å². The van der Waals surface area contributed by atoms with E-state index in [1.165, 1.54) is 26.0 Å². The van der Waals surface area contributed by atoms with Crippen LogP contribution in [0.5, 0.6) is 0 Å². The second kappa shape index (κ2) is 6.32. The number of esters is 1. The van der Waals surface area contributed by atoms with Crippen molar-refractivity contribution in [1.82, 2.24) is 14.1 Å². The molecular formula is C23H21FN4O2. The number of hydrogen-bond acceptors (Lipinski definition) is 4. The summed E-state index contributed by atoms with van der Waals surface area (Å²) in [6.07, 6.45) is 2.42. The van der Waals surface area contributed by atoms with Gasteiger partial charge in [0.15, 0.2) is 5.82 Å². The summed E-state index contributed by atoms with van der Waals surface area (Å²) in [6.45, 7) is 2.38. The monoisotopic (exact) mass is 404 g/mol. The number of rotatable bonds is 4. The predicted molar refractivity (Wildman–Crippen MR) is 113 cm³/mol. The third-order valence-corrected chi connectivity index (χ3v) is 6.15. The molecule has 0 bridgehead atoms. The third-order valence-electron chi connectivity index (χ3n) is 6.15. The average molecular weight is 404 g/mol. The molecule has 1 aliphatic carbocycles. The number of aromatic nitrogens is 3. The molecule has 0 unspecified atom stereocenters. The highest BCUT2D eigenvalue weighted by molar-refractivity contribution is 6.01. The van der Waals surface area contributed by atoms with Crippen LogP contribution in [-0.4, -0.2) is 33.7 Å². The van der Waals surface area contributed by atoms with Gasteiger partial charge in [0.2, 0.25) is 0 Å². The SMILES string of the molecule is COC(=O)c1cc2c3c(c1)nc(-c1cc4ccc(F)cc4n1CC1CC1)n3CCN2. The zero-order valence-electron chi connectivity index (χ0n) is 16.6. The van der Waals surface area contributed by atoms with Crippen LogP contribution in [0.2, 0.25) is 0 Å². The van der Waals surface area contributed by atoms with Gasteiger partial charge in [0, 0.05) is 25.0 Å². The first-order chi connectivity index (χ1) is 14.6. The van der Waals surface area contributed by atoms with Crippen molar-refractivity contribution >= 4 is 33.6 Å². The largest absolute Gasteiger partial charge is 0.465 e. The number of carbonyl (C=O) groups excluding carboxylic acids is 1. The van der Waals surface area contributed by atoms with Gasteiger partial charge in [-0.3, -0.25) is 0 Å². The molecule has 1 saturated carbocycles. The molecule has 1 fully saturated rings. The Kier molecular flexibility index (Phi) is 3.69. The Morgan fingerprint density at radius 3 is 2.93 bits per heavy atom. The summed E-state index contributed by atoms with van der Waals surface area (Å²) < 4.78 is 23.3. The van der Waals surface area contributed by atoms with Crippen molar-refractivity contribution in [3.63, 3.8) is 0 Å². The Morgan fingerprint density at radius 2 is 2.13 bits per heavy atom. The normalized spacial score (nSPS) is 15.5. The summed E-state index contributed by atoms with van der Waals surface area (Å²) in [5.41, 5.74) is 5.00. The number of benzene rings is 2. The summed E-state index contributed by atoms with van der Waals surface area (Å²) >= 11 is 0. The maximum Gasteiger partial charge on any atom is 0.338 e. The van der Waals surface area contributed by atoms with Gasteiger partial charge in [0.25, 0.3) is 0 Å². The minimum absolute atomic E-state index is 0.229. The Labute approximate surface area is 172 Å². The number of imidazole rings is 1. The molecule has 1 aliphatic heterocycles. The molecule has 3 heterocycles. The zero-order valence-corrected chi connectivity index (χ0v) is 16.6. The molecule has 0 spiro atoms. The van der Waals surface area contributed by atoms with E-state index in [2.05, 4.69) is 20.5 Å². The van der Waals surface area contributed by atoms with Gasteiger partial charge in [-0.05, 0) is 55.2 Å². The molecule has 4 aromatic rings. The topological polar surface area (TPSA) is 61.1 Å². The molecule has 2 aromatic heterocycles. The van der Waals surface area contributed by atoms with Crippen LogP contribution in [0.15, 0.2) is 36.4 Å². The lowest BCUT2D eigenvalue weighted by Gasteiger charge is -2.19. The highest BCUT2D eigenvalue weighted by Gasteiger charge is 2.27. The average Bonchev–Trinajstić information content (AvgIpc) is 3.41. The van der Waals surface area contributed by atoms with Crippen LogP contribution in [0, 0.1) is 11.7 Å². The summed E-state index contributed by atoms with van der Waals surface area (Å²) in [7, 11) is 1.38. The van der Waals surface area contributed by atoms with Crippen molar-refractivity contribution in [2.24, 2.45) is 5.92 Å². The lowest BCUT2D eigenvalue weighted by Crippen LogP contribution is -2.18. The van der Waals surface area contributed by atoms with Crippen LogP contribution in [0.1, 0.15) is 23.2 Å². The second-order valence-electron chi connectivity index (χ2n) is 8.18. The Morgan fingerprint density at radius 1 is 1.27 bits per heavy atom. The van der Waals surface area contributed by atoms with E-state index in [0.717, 1.165) is 58.8 Å². The van der Waals surface area contributed by atoms with Gasteiger partial charge >= 0.3 is 5.97 Å². The molecule has 0 radical (unpaired) electrons. The molecule has 0 amide bonds. The summed E-state index contributed by atoms with van der Waals surface area (Å²) in [4.78, 5) is 17.1. The molecule has 2 aliphatic rings. The second-order valence-corrected chi connectivity index (χ2v) is 8.18. The van der Waals surface area contributed by atoms with Gasteiger partial charge in [-0.15, -0.1) is 0 Å². The van der Waals surface area contributed by atoms with E-state index in [1.807, 2.05) is 12.1 Å². The first kappa shape index (κ1) is 17.5. The number of ether oxygens (including phenoxy) is 1. The molecule has 7 heteroatoms. The predicted octanol–water partition coefficient (Wildman–Crippen LogP) is 4.42.